The Morgan fingerprint density at radius 1 is 1.25 bits per heavy atom. The average molecular weight is 291 g/mol. The highest BCUT2D eigenvalue weighted by atomic mass is 35.5. The molecule has 1 aliphatic heterocycles. The van der Waals surface area contributed by atoms with Gasteiger partial charge in [0.25, 0.3) is 5.56 Å². The Balaban J connectivity index is 1.82. The van der Waals surface area contributed by atoms with Crippen LogP contribution in [0.15, 0.2) is 35.4 Å². The zero-order chi connectivity index (χ0) is 13.9. The molecule has 1 fully saturated rings. The first-order valence-electron chi connectivity index (χ1n) is 6.65. The molecule has 0 aliphatic carbocycles. The number of nitrogens with zero attached hydrogens (tertiary/aromatic N) is 4. The molecule has 2 aromatic heterocycles. The van der Waals surface area contributed by atoms with Crippen LogP contribution < -0.4 is 10.5 Å². The molecule has 0 atom stereocenters. The summed E-state index contributed by atoms with van der Waals surface area (Å²) in [4.78, 5) is 18.5. The molecule has 0 N–H and O–H groups in total. The standard InChI is InChI=1S/C14H15ClN4O/c15-11-3-4-16-12(7-11)10-19-14(20)8-13(9-17-19)18-5-1-2-6-18/h3-4,7-9H,1-2,5-6,10H2. The molecule has 104 valence electrons. The number of halogens is 1. The zero-order valence-electron chi connectivity index (χ0n) is 11.0. The van der Waals surface area contributed by atoms with E-state index >= 15 is 0 Å². The third-order valence-corrected chi connectivity index (χ3v) is 3.65. The maximum absolute atomic E-state index is 12.1. The second-order valence-electron chi connectivity index (χ2n) is 4.87. The summed E-state index contributed by atoms with van der Waals surface area (Å²) in [6, 6.07) is 5.09. The predicted octanol–water partition coefficient (Wildman–Crippen LogP) is 1.94. The van der Waals surface area contributed by atoms with Crippen molar-refractivity contribution in [3.63, 3.8) is 0 Å². The zero-order valence-corrected chi connectivity index (χ0v) is 11.8. The molecule has 0 bridgehead atoms. The van der Waals surface area contributed by atoms with Gasteiger partial charge in [0.1, 0.15) is 0 Å². The molecule has 3 heterocycles. The average Bonchev–Trinajstić information content (AvgIpc) is 2.95. The van der Waals surface area contributed by atoms with E-state index in [9.17, 15) is 4.79 Å². The molecule has 1 saturated heterocycles. The van der Waals surface area contributed by atoms with Gasteiger partial charge in [-0.1, -0.05) is 11.6 Å². The minimum absolute atomic E-state index is 0.115. The number of anilines is 1. The minimum atomic E-state index is -0.115. The SMILES string of the molecule is O=c1cc(N2CCCC2)cnn1Cc1cc(Cl)ccn1. The Morgan fingerprint density at radius 3 is 2.75 bits per heavy atom. The first-order valence-corrected chi connectivity index (χ1v) is 7.03. The quantitative estimate of drug-likeness (QED) is 0.867. The third-order valence-electron chi connectivity index (χ3n) is 3.42. The van der Waals surface area contributed by atoms with Crippen molar-refractivity contribution in [1.29, 1.82) is 0 Å². The Bertz CT molecular complexity index is 664. The third kappa shape index (κ3) is 2.82. The molecule has 0 amide bonds. The first kappa shape index (κ1) is 13.1. The van der Waals surface area contributed by atoms with Crippen LogP contribution in [-0.4, -0.2) is 27.9 Å². The summed E-state index contributed by atoms with van der Waals surface area (Å²) in [6.45, 7) is 2.33. The fourth-order valence-electron chi connectivity index (χ4n) is 2.38. The molecule has 3 rings (SSSR count). The molecule has 2 aromatic rings. The number of rotatable bonds is 3. The van der Waals surface area contributed by atoms with Gasteiger partial charge >= 0.3 is 0 Å². The van der Waals surface area contributed by atoms with E-state index in [1.807, 2.05) is 0 Å². The summed E-state index contributed by atoms with van der Waals surface area (Å²) in [7, 11) is 0. The van der Waals surface area contributed by atoms with Gasteiger partial charge in [-0.25, -0.2) is 4.68 Å². The Kier molecular flexibility index (Phi) is 3.69. The van der Waals surface area contributed by atoms with E-state index in [1.54, 1.807) is 30.6 Å². The summed E-state index contributed by atoms with van der Waals surface area (Å²) in [6.07, 6.45) is 5.73. The summed E-state index contributed by atoms with van der Waals surface area (Å²) in [5.41, 5.74) is 1.51. The molecular weight excluding hydrogens is 276 g/mol. The summed E-state index contributed by atoms with van der Waals surface area (Å²) < 4.78 is 1.40. The molecule has 6 heteroatoms. The highest BCUT2D eigenvalue weighted by molar-refractivity contribution is 6.30. The van der Waals surface area contributed by atoms with Crippen LogP contribution in [-0.2, 0) is 6.54 Å². The Labute approximate surface area is 121 Å². The van der Waals surface area contributed by atoms with E-state index in [4.69, 9.17) is 11.6 Å². The lowest BCUT2D eigenvalue weighted by Gasteiger charge is -2.17. The second-order valence-corrected chi connectivity index (χ2v) is 5.31. The van der Waals surface area contributed by atoms with E-state index in [0.29, 0.717) is 11.6 Å². The number of aromatic nitrogens is 3. The van der Waals surface area contributed by atoms with Gasteiger partial charge in [0.2, 0.25) is 0 Å². The van der Waals surface area contributed by atoms with E-state index < -0.39 is 0 Å². The highest BCUT2D eigenvalue weighted by Gasteiger charge is 2.13. The van der Waals surface area contributed by atoms with Crippen molar-refractivity contribution in [1.82, 2.24) is 14.8 Å². The van der Waals surface area contributed by atoms with Gasteiger partial charge in [0, 0.05) is 30.4 Å². The molecule has 0 aromatic carbocycles. The lowest BCUT2D eigenvalue weighted by molar-refractivity contribution is 0.626. The second kappa shape index (κ2) is 5.63. The van der Waals surface area contributed by atoms with Crippen LogP contribution in [0.1, 0.15) is 18.5 Å². The first-order chi connectivity index (χ1) is 9.72. The van der Waals surface area contributed by atoms with Crippen molar-refractivity contribution in [2.45, 2.75) is 19.4 Å². The highest BCUT2D eigenvalue weighted by Crippen LogP contribution is 2.17. The Morgan fingerprint density at radius 2 is 2.05 bits per heavy atom. The number of pyridine rings is 1. The maximum atomic E-state index is 12.1. The van der Waals surface area contributed by atoms with Crippen molar-refractivity contribution in [3.05, 3.63) is 51.7 Å². The van der Waals surface area contributed by atoms with Crippen LogP contribution in [0.4, 0.5) is 5.69 Å². The van der Waals surface area contributed by atoms with Gasteiger partial charge in [-0.3, -0.25) is 9.78 Å². The van der Waals surface area contributed by atoms with Crippen molar-refractivity contribution >= 4 is 17.3 Å². The predicted molar refractivity (Wildman–Crippen MR) is 78.3 cm³/mol. The van der Waals surface area contributed by atoms with Crippen molar-refractivity contribution in [3.8, 4) is 0 Å². The summed E-state index contributed by atoms with van der Waals surface area (Å²) in [5, 5.41) is 4.84. The molecule has 20 heavy (non-hydrogen) atoms. The minimum Gasteiger partial charge on any atom is -0.370 e. The van der Waals surface area contributed by atoms with Gasteiger partial charge in [-0.2, -0.15) is 5.10 Å². The molecule has 0 unspecified atom stereocenters. The molecule has 1 aliphatic rings. The van der Waals surface area contributed by atoms with Crippen molar-refractivity contribution < 1.29 is 0 Å². The molecule has 0 radical (unpaired) electrons. The van der Waals surface area contributed by atoms with Gasteiger partial charge in [-0.15, -0.1) is 0 Å². The topological polar surface area (TPSA) is 51.0 Å². The lowest BCUT2D eigenvalue weighted by atomic mass is 10.3. The van der Waals surface area contributed by atoms with Crippen LogP contribution in [0.2, 0.25) is 5.02 Å². The fourth-order valence-corrected chi connectivity index (χ4v) is 2.56. The molecule has 0 saturated carbocycles. The van der Waals surface area contributed by atoms with Crippen LogP contribution in [0, 0.1) is 0 Å². The van der Waals surface area contributed by atoms with Crippen LogP contribution in [0.25, 0.3) is 0 Å². The largest absolute Gasteiger partial charge is 0.370 e. The van der Waals surface area contributed by atoms with E-state index in [2.05, 4.69) is 15.0 Å². The van der Waals surface area contributed by atoms with Crippen LogP contribution in [0.3, 0.4) is 0 Å². The van der Waals surface area contributed by atoms with Gasteiger partial charge < -0.3 is 4.90 Å². The fraction of sp³-hybridized carbons (Fsp3) is 0.357. The lowest BCUT2D eigenvalue weighted by Crippen LogP contribution is -2.26. The normalized spacial score (nSPS) is 14.8. The maximum Gasteiger partial charge on any atom is 0.269 e. The number of hydrogen-bond donors (Lipinski definition) is 0. The molecular formula is C14H15ClN4O. The van der Waals surface area contributed by atoms with Gasteiger partial charge in [0.05, 0.1) is 24.1 Å². The van der Waals surface area contributed by atoms with Crippen molar-refractivity contribution in [2.75, 3.05) is 18.0 Å². The monoisotopic (exact) mass is 290 g/mol. The molecule has 0 spiro atoms. The molecule has 5 nitrogen and oxygen atoms in total. The van der Waals surface area contributed by atoms with Crippen molar-refractivity contribution in [2.24, 2.45) is 0 Å². The summed E-state index contributed by atoms with van der Waals surface area (Å²) >= 11 is 5.91. The Hall–Kier alpha value is -1.88. The van der Waals surface area contributed by atoms with Gasteiger partial charge in [0.15, 0.2) is 0 Å². The van der Waals surface area contributed by atoms with E-state index in [1.165, 1.54) is 17.5 Å². The smallest absolute Gasteiger partial charge is 0.269 e. The van der Waals surface area contributed by atoms with Gasteiger partial charge in [-0.05, 0) is 25.0 Å². The van der Waals surface area contributed by atoms with E-state index in [0.717, 1.165) is 24.5 Å². The van der Waals surface area contributed by atoms with E-state index in [-0.39, 0.29) is 5.56 Å². The summed E-state index contributed by atoms with van der Waals surface area (Å²) in [5.74, 6) is 0. The van der Waals surface area contributed by atoms with Crippen LogP contribution in [0.5, 0.6) is 0 Å². The number of hydrogen-bond acceptors (Lipinski definition) is 4. The van der Waals surface area contributed by atoms with Crippen LogP contribution >= 0.6 is 11.6 Å².